The molecule has 1 amide bonds. The molecule has 0 spiro atoms. The maximum absolute atomic E-state index is 12.3. The van der Waals surface area contributed by atoms with Crippen molar-refractivity contribution in [2.75, 3.05) is 13.7 Å². The molecule has 0 unspecified atom stereocenters. The summed E-state index contributed by atoms with van der Waals surface area (Å²) >= 11 is 0. The maximum atomic E-state index is 12.3. The van der Waals surface area contributed by atoms with Crippen molar-refractivity contribution in [1.82, 2.24) is 5.43 Å². The standard InChI is InChI=1S/C27H30N2O3/c1-27(2,3)23-13-11-22(12-14-23)26(30)29-28-19-21-10-15-24(25(18-21)31-4)32-17-16-20-8-6-5-7-9-20/h5-15,18-19H,16-17H2,1-4H3,(H,29,30)/b28-19+. The van der Waals surface area contributed by atoms with Crippen molar-refractivity contribution in [3.8, 4) is 11.5 Å². The summed E-state index contributed by atoms with van der Waals surface area (Å²) < 4.78 is 11.3. The number of carbonyl (C=O) groups excluding carboxylic acids is 1. The van der Waals surface area contributed by atoms with Gasteiger partial charge in [-0.15, -0.1) is 0 Å². The Hall–Kier alpha value is -3.60. The van der Waals surface area contributed by atoms with Crippen LogP contribution in [0.15, 0.2) is 77.9 Å². The Labute approximate surface area is 190 Å². The second-order valence-corrected chi connectivity index (χ2v) is 8.52. The number of hydrazone groups is 1. The zero-order valence-electron chi connectivity index (χ0n) is 19.1. The third kappa shape index (κ3) is 6.45. The minimum atomic E-state index is -0.255. The fourth-order valence-corrected chi connectivity index (χ4v) is 3.16. The van der Waals surface area contributed by atoms with Gasteiger partial charge in [-0.1, -0.05) is 63.2 Å². The average molecular weight is 431 g/mol. The Balaban J connectivity index is 1.56. The van der Waals surface area contributed by atoms with Crippen LogP contribution in [0.5, 0.6) is 11.5 Å². The average Bonchev–Trinajstić information content (AvgIpc) is 2.80. The number of methoxy groups -OCH3 is 1. The van der Waals surface area contributed by atoms with Gasteiger partial charge in [-0.2, -0.15) is 5.10 Å². The van der Waals surface area contributed by atoms with Gasteiger partial charge in [-0.05, 0) is 52.4 Å². The van der Waals surface area contributed by atoms with E-state index in [0.29, 0.717) is 23.7 Å². The minimum absolute atomic E-state index is 0.0453. The van der Waals surface area contributed by atoms with Crippen LogP contribution in [0.3, 0.4) is 0 Å². The van der Waals surface area contributed by atoms with Crippen molar-refractivity contribution in [2.45, 2.75) is 32.6 Å². The molecule has 32 heavy (non-hydrogen) atoms. The molecular formula is C27H30N2O3. The normalized spacial score (nSPS) is 11.4. The summed E-state index contributed by atoms with van der Waals surface area (Å²) in [5, 5.41) is 4.08. The number of rotatable bonds is 8. The van der Waals surface area contributed by atoms with Crippen LogP contribution in [-0.4, -0.2) is 25.8 Å². The molecule has 0 saturated carbocycles. The number of hydrogen-bond acceptors (Lipinski definition) is 4. The van der Waals surface area contributed by atoms with Crippen molar-refractivity contribution in [2.24, 2.45) is 5.10 Å². The lowest BCUT2D eigenvalue weighted by atomic mass is 9.87. The number of nitrogens with zero attached hydrogens (tertiary/aromatic N) is 1. The number of hydrogen-bond donors (Lipinski definition) is 1. The first-order valence-corrected chi connectivity index (χ1v) is 10.7. The van der Waals surface area contributed by atoms with E-state index in [-0.39, 0.29) is 11.3 Å². The van der Waals surface area contributed by atoms with Crippen LogP contribution in [0.4, 0.5) is 0 Å². The summed E-state index contributed by atoms with van der Waals surface area (Å²) in [5.41, 5.74) is 6.37. The van der Waals surface area contributed by atoms with Crippen molar-refractivity contribution < 1.29 is 14.3 Å². The van der Waals surface area contributed by atoms with Crippen molar-refractivity contribution in [1.29, 1.82) is 0 Å². The Morgan fingerprint density at radius 1 is 0.969 bits per heavy atom. The highest BCUT2D eigenvalue weighted by Crippen LogP contribution is 2.27. The fraction of sp³-hybridized carbons (Fsp3) is 0.259. The van der Waals surface area contributed by atoms with Gasteiger partial charge in [-0.3, -0.25) is 4.79 Å². The smallest absolute Gasteiger partial charge is 0.271 e. The Morgan fingerprint density at radius 3 is 2.34 bits per heavy atom. The van der Waals surface area contributed by atoms with E-state index in [1.165, 1.54) is 11.1 Å². The Morgan fingerprint density at radius 2 is 1.69 bits per heavy atom. The van der Waals surface area contributed by atoms with E-state index < -0.39 is 0 Å². The van der Waals surface area contributed by atoms with Gasteiger partial charge in [0, 0.05) is 12.0 Å². The molecule has 5 nitrogen and oxygen atoms in total. The molecule has 0 atom stereocenters. The molecule has 166 valence electrons. The second kappa shape index (κ2) is 10.6. The number of benzene rings is 3. The largest absolute Gasteiger partial charge is 0.493 e. The molecular weight excluding hydrogens is 400 g/mol. The zero-order valence-corrected chi connectivity index (χ0v) is 19.1. The van der Waals surface area contributed by atoms with Crippen molar-refractivity contribution in [3.63, 3.8) is 0 Å². The quantitative estimate of drug-likeness (QED) is 0.386. The summed E-state index contributed by atoms with van der Waals surface area (Å²) in [6, 6.07) is 23.3. The summed E-state index contributed by atoms with van der Waals surface area (Å²) in [7, 11) is 1.60. The fourth-order valence-electron chi connectivity index (χ4n) is 3.16. The van der Waals surface area contributed by atoms with E-state index in [1.54, 1.807) is 13.3 Å². The first kappa shape index (κ1) is 23.1. The second-order valence-electron chi connectivity index (χ2n) is 8.52. The van der Waals surface area contributed by atoms with Gasteiger partial charge in [0.25, 0.3) is 5.91 Å². The van der Waals surface area contributed by atoms with E-state index in [0.717, 1.165) is 12.0 Å². The first-order valence-electron chi connectivity index (χ1n) is 10.7. The lowest BCUT2D eigenvalue weighted by molar-refractivity contribution is 0.0955. The third-order valence-electron chi connectivity index (χ3n) is 5.07. The van der Waals surface area contributed by atoms with Gasteiger partial charge in [0.2, 0.25) is 0 Å². The molecule has 0 heterocycles. The number of ether oxygens (including phenoxy) is 2. The molecule has 3 aromatic carbocycles. The molecule has 0 aliphatic rings. The SMILES string of the molecule is COc1cc(/C=N/NC(=O)c2ccc(C(C)(C)C)cc2)ccc1OCCc1ccccc1. The molecule has 0 radical (unpaired) electrons. The van der Waals surface area contributed by atoms with E-state index in [4.69, 9.17) is 9.47 Å². The van der Waals surface area contributed by atoms with Crippen molar-refractivity contribution >= 4 is 12.1 Å². The van der Waals surface area contributed by atoms with Gasteiger partial charge >= 0.3 is 0 Å². The molecule has 3 rings (SSSR count). The van der Waals surface area contributed by atoms with Crippen LogP contribution in [0.2, 0.25) is 0 Å². The Bertz CT molecular complexity index is 1050. The molecule has 0 aromatic heterocycles. The summed E-state index contributed by atoms with van der Waals surface area (Å²) in [5.74, 6) is 1.03. The highest BCUT2D eigenvalue weighted by atomic mass is 16.5. The van der Waals surface area contributed by atoms with Gasteiger partial charge in [0.15, 0.2) is 11.5 Å². The summed E-state index contributed by atoms with van der Waals surface area (Å²) in [4.78, 5) is 12.3. The molecule has 0 aliphatic heterocycles. The predicted molar refractivity (Wildman–Crippen MR) is 129 cm³/mol. The third-order valence-corrected chi connectivity index (χ3v) is 5.07. The Kier molecular flexibility index (Phi) is 7.66. The monoisotopic (exact) mass is 430 g/mol. The van der Waals surface area contributed by atoms with Gasteiger partial charge in [0.1, 0.15) is 0 Å². The van der Waals surface area contributed by atoms with E-state index in [1.807, 2.05) is 60.7 Å². The summed E-state index contributed by atoms with van der Waals surface area (Å²) in [6.45, 7) is 6.97. The van der Waals surface area contributed by atoms with E-state index >= 15 is 0 Å². The van der Waals surface area contributed by atoms with E-state index in [2.05, 4.69) is 43.4 Å². The van der Waals surface area contributed by atoms with Gasteiger partial charge < -0.3 is 9.47 Å². The predicted octanol–water partition coefficient (Wildman–Crippen LogP) is 5.38. The van der Waals surface area contributed by atoms with Crippen molar-refractivity contribution in [3.05, 3.63) is 95.1 Å². The van der Waals surface area contributed by atoms with Crippen LogP contribution in [0.25, 0.3) is 0 Å². The van der Waals surface area contributed by atoms with Crippen LogP contribution in [-0.2, 0) is 11.8 Å². The van der Waals surface area contributed by atoms with Crippen LogP contribution >= 0.6 is 0 Å². The summed E-state index contributed by atoms with van der Waals surface area (Å²) in [6.07, 6.45) is 2.40. The molecule has 0 fully saturated rings. The zero-order chi connectivity index (χ0) is 23.0. The lowest BCUT2D eigenvalue weighted by Crippen LogP contribution is -2.18. The highest BCUT2D eigenvalue weighted by Gasteiger charge is 2.14. The van der Waals surface area contributed by atoms with Crippen LogP contribution in [0, 0.1) is 0 Å². The van der Waals surface area contributed by atoms with Gasteiger partial charge in [0.05, 0.1) is 19.9 Å². The minimum Gasteiger partial charge on any atom is -0.493 e. The molecule has 1 N–H and O–H groups in total. The first-order chi connectivity index (χ1) is 15.4. The molecule has 5 heteroatoms. The number of carbonyl (C=O) groups is 1. The lowest BCUT2D eigenvalue weighted by Gasteiger charge is -2.18. The van der Waals surface area contributed by atoms with Crippen LogP contribution in [0.1, 0.15) is 47.8 Å². The van der Waals surface area contributed by atoms with Gasteiger partial charge in [-0.25, -0.2) is 5.43 Å². The molecule has 0 aliphatic carbocycles. The van der Waals surface area contributed by atoms with Crippen LogP contribution < -0.4 is 14.9 Å². The molecule has 0 saturated heterocycles. The number of nitrogens with one attached hydrogen (secondary N) is 1. The molecule has 3 aromatic rings. The number of amides is 1. The molecule has 0 bridgehead atoms. The van der Waals surface area contributed by atoms with E-state index in [9.17, 15) is 4.79 Å². The highest BCUT2D eigenvalue weighted by molar-refractivity contribution is 5.95. The maximum Gasteiger partial charge on any atom is 0.271 e. The topological polar surface area (TPSA) is 59.9 Å².